The molecule has 5 nitrogen and oxygen atoms in total. The van der Waals surface area contributed by atoms with Gasteiger partial charge in [0.2, 0.25) is 0 Å². The molecule has 1 unspecified atom stereocenters. The van der Waals surface area contributed by atoms with Gasteiger partial charge in [-0.3, -0.25) is 0 Å². The van der Waals surface area contributed by atoms with Crippen molar-refractivity contribution >= 4 is 18.0 Å². The number of carbonyl (C=O) groups is 2. The molecule has 0 fully saturated rings. The molecular weight excluding hydrogens is 440 g/mol. The first-order chi connectivity index (χ1) is 17.0. The van der Waals surface area contributed by atoms with Crippen molar-refractivity contribution < 1.29 is 23.8 Å². The molecule has 5 heteroatoms. The Kier molecular flexibility index (Phi) is 17.2. The van der Waals surface area contributed by atoms with Crippen molar-refractivity contribution in [2.75, 3.05) is 20.3 Å². The molecular formula is C30H46O5. The maximum absolute atomic E-state index is 11.7. The van der Waals surface area contributed by atoms with Gasteiger partial charge in [0.25, 0.3) is 0 Å². The van der Waals surface area contributed by atoms with E-state index in [1.54, 1.807) is 13.0 Å². The summed E-state index contributed by atoms with van der Waals surface area (Å²) in [6.07, 6.45) is 17.6. The van der Waals surface area contributed by atoms with Gasteiger partial charge in [-0.2, -0.15) is 0 Å². The van der Waals surface area contributed by atoms with E-state index in [1.807, 2.05) is 24.3 Å². The number of carbonyl (C=O) groups excluding carboxylic acids is 2. The number of hydrogen-bond donors (Lipinski definition) is 0. The molecule has 0 aliphatic heterocycles. The predicted octanol–water partition coefficient (Wildman–Crippen LogP) is 7.69. The predicted molar refractivity (Wildman–Crippen MR) is 143 cm³/mol. The first-order valence-electron chi connectivity index (χ1n) is 13.3. The maximum atomic E-state index is 11.7. The van der Waals surface area contributed by atoms with Gasteiger partial charge in [-0.15, -0.1) is 0 Å². The van der Waals surface area contributed by atoms with E-state index >= 15 is 0 Å². The fraction of sp³-hybridized carbons (Fsp3) is 0.600. The van der Waals surface area contributed by atoms with Crippen LogP contribution >= 0.6 is 0 Å². The molecule has 0 N–H and O–H groups in total. The molecule has 0 saturated carbocycles. The van der Waals surface area contributed by atoms with Gasteiger partial charge in [-0.05, 0) is 49.5 Å². The first kappa shape index (κ1) is 30.5. The zero-order valence-electron chi connectivity index (χ0n) is 22.2. The quantitative estimate of drug-likeness (QED) is 0.107. The van der Waals surface area contributed by atoms with Crippen LogP contribution in [-0.4, -0.2) is 32.3 Å². The summed E-state index contributed by atoms with van der Waals surface area (Å²) >= 11 is 0. The second-order valence-corrected chi connectivity index (χ2v) is 9.25. The summed E-state index contributed by atoms with van der Waals surface area (Å²) in [7, 11) is 1.36. The molecule has 35 heavy (non-hydrogen) atoms. The van der Waals surface area contributed by atoms with Crippen LogP contribution in [-0.2, 0) is 19.1 Å². The van der Waals surface area contributed by atoms with Crippen molar-refractivity contribution in [1.29, 1.82) is 0 Å². The van der Waals surface area contributed by atoms with E-state index in [2.05, 4.69) is 18.2 Å². The Labute approximate surface area is 212 Å². The van der Waals surface area contributed by atoms with Crippen LogP contribution in [0.25, 0.3) is 6.08 Å². The average molecular weight is 487 g/mol. The van der Waals surface area contributed by atoms with Crippen molar-refractivity contribution in [3.05, 3.63) is 48.1 Å². The van der Waals surface area contributed by atoms with E-state index in [0.717, 1.165) is 37.0 Å². The molecule has 1 rings (SSSR count). The molecule has 1 aromatic rings. The molecule has 0 spiro atoms. The van der Waals surface area contributed by atoms with Gasteiger partial charge < -0.3 is 14.2 Å². The smallest absolute Gasteiger partial charge is 0.333 e. The van der Waals surface area contributed by atoms with Crippen molar-refractivity contribution in [2.45, 2.75) is 90.9 Å². The summed E-state index contributed by atoms with van der Waals surface area (Å²) in [5.74, 6) is 0.784. The molecule has 0 heterocycles. The molecule has 1 aromatic carbocycles. The third-order valence-electron chi connectivity index (χ3n) is 6.09. The summed E-state index contributed by atoms with van der Waals surface area (Å²) in [6.45, 7) is 8.77. The Bertz CT molecular complexity index is 751. The van der Waals surface area contributed by atoms with Crippen LogP contribution in [0.3, 0.4) is 0 Å². The van der Waals surface area contributed by atoms with E-state index in [-0.39, 0.29) is 11.9 Å². The normalized spacial score (nSPS) is 11.9. The monoisotopic (exact) mass is 486 g/mol. The summed E-state index contributed by atoms with van der Waals surface area (Å²) in [4.78, 5) is 22.8. The average Bonchev–Trinajstić information content (AvgIpc) is 2.86. The number of rotatable bonds is 20. The highest BCUT2D eigenvalue weighted by Gasteiger charge is 2.11. The van der Waals surface area contributed by atoms with Gasteiger partial charge in [0.15, 0.2) is 0 Å². The largest absolute Gasteiger partial charge is 0.494 e. The van der Waals surface area contributed by atoms with Crippen LogP contribution < -0.4 is 4.74 Å². The van der Waals surface area contributed by atoms with Crippen molar-refractivity contribution in [2.24, 2.45) is 5.92 Å². The summed E-state index contributed by atoms with van der Waals surface area (Å²) in [5, 5.41) is 0. The van der Waals surface area contributed by atoms with Gasteiger partial charge in [0, 0.05) is 11.6 Å². The number of unbranched alkanes of at least 4 members (excludes halogenated alkanes) is 7. The molecule has 0 radical (unpaired) electrons. The number of benzene rings is 1. The van der Waals surface area contributed by atoms with Crippen molar-refractivity contribution in [3.63, 3.8) is 0 Å². The fourth-order valence-corrected chi connectivity index (χ4v) is 3.90. The third-order valence-corrected chi connectivity index (χ3v) is 6.09. The highest BCUT2D eigenvalue weighted by Crippen LogP contribution is 2.22. The van der Waals surface area contributed by atoms with Crippen molar-refractivity contribution in [3.8, 4) is 5.75 Å². The minimum atomic E-state index is -0.368. The van der Waals surface area contributed by atoms with E-state index in [1.165, 1.54) is 64.6 Å². The number of hydrogen-bond acceptors (Lipinski definition) is 5. The number of esters is 2. The van der Waals surface area contributed by atoms with Gasteiger partial charge >= 0.3 is 11.9 Å². The van der Waals surface area contributed by atoms with Crippen molar-refractivity contribution in [1.82, 2.24) is 0 Å². The molecule has 0 saturated heterocycles. The highest BCUT2D eigenvalue weighted by atomic mass is 16.5. The van der Waals surface area contributed by atoms with Crippen LogP contribution in [0.2, 0.25) is 0 Å². The Balaban J connectivity index is 2.29. The van der Waals surface area contributed by atoms with Crippen LogP contribution in [0.4, 0.5) is 0 Å². The molecule has 0 aliphatic rings. The van der Waals surface area contributed by atoms with Crippen LogP contribution in [0.15, 0.2) is 42.5 Å². The van der Waals surface area contributed by atoms with Crippen LogP contribution in [0.5, 0.6) is 5.75 Å². The van der Waals surface area contributed by atoms with Gasteiger partial charge in [-0.1, -0.05) is 89.8 Å². The van der Waals surface area contributed by atoms with E-state index < -0.39 is 0 Å². The molecule has 1 atom stereocenters. The minimum Gasteiger partial charge on any atom is -0.494 e. The summed E-state index contributed by atoms with van der Waals surface area (Å²) in [5.41, 5.74) is 1.39. The summed E-state index contributed by atoms with van der Waals surface area (Å²) < 4.78 is 15.8. The zero-order valence-corrected chi connectivity index (χ0v) is 22.2. The summed E-state index contributed by atoms with van der Waals surface area (Å²) in [6, 6.07) is 7.67. The topological polar surface area (TPSA) is 61.8 Å². The molecule has 0 aliphatic carbocycles. The first-order valence-corrected chi connectivity index (χ1v) is 13.3. The minimum absolute atomic E-state index is 0.284. The Morgan fingerprint density at radius 1 is 0.886 bits per heavy atom. The SMILES string of the molecule is C=C(C)C(=O)OCCC(CCCCCCCC)CCCCCOc1ccc(C=CC(=O)OC)cc1. The Morgan fingerprint density at radius 3 is 2.14 bits per heavy atom. The lowest BCUT2D eigenvalue weighted by Crippen LogP contribution is -2.11. The van der Waals surface area contributed by atoms with E-state index in [9.17, 15) is 9.59 Å². The van der Waals surface area contributed by atoms with Crippen LogP contribution in [0, 0.1) is 5.92 Å². The highest BCUT2D eigenvalue weighted by molar-refractivity contribution is 5.87. The zero-order chi connectivity index (χ0) is 25.7. The van der Waals surface area contributed by atoms with Gasteiger partial charge in [0.05, 0.1) is 20.3 Å². The Hall–Kier alpha value is -2.56. The lowest BCUT2D eigenvalue weighted by atomic mass is 9.92. The van der Waals surface area contributed by atoms with Crippen LogP contribution in [0.1, 0.15) is 96.5 Å². The number of methoxy groups -OCH3 is 1. The lowest BCUT2D eigenvalue weighted by Gasteiger charge is -2.17. The van der Waals surface area contributed by atoms with Gasteiger partial charge in [-0.25, -0.2) is 9.59 Å². The standard InChI is InChI=1S/C30H46O5/c1-5-6-7-8-9-11-14-26(22-24-35-30(32)25(2)3)15-12-10-13-23-34-28-19-16-27(17-20-28)18-21-29(31)33-4/h16-21,26H,2,5-15,22-24H2,1,3-4H3. The maximum Gasteiger partial charge on any atom is 0.333 e. The molecule has 0 bridgehead atoms. The van der Waals surface area contributed by atoms with E-state index in [4.69, 9.17) is 9.47 Å². The Morgan fingerprint density at radius 2 is 1.51 bits per heavy atom. The lowest BCUT2D eigenvalue weighted by molar-refractivity contribution is -0.139. The second kappa shape index (κ2) is 19.7. The third kappa shape index (κ3) is 15.9. The molecule has 0 aromatic heterocycles. The van der Waals surface area contributed by atoms with Gasteiger partial charge in [0.1, 0.15) is 5.75 Å². The number of ether oxygens (including phenoxy) is 3. The van der Waals surface area contributed by atoms with E-state index in [0.29, 0.717) is 24.7 Å². The molecule has 196 valence electrons. The fourth-order valence-electron chi connectivity index (χ4n) is 3.90. The molecule has 0 amide bonds. The second-order valence-electron chi connectivity index (χ2n) is 9.25.